The number of nitrogens with one attached hydrogen (secondary N) is 1. The molecule has 112 valence electrons. The van der Waals surface area contributed by atoms with E-state index in [0.717, 1.165) is 10.6 Å². The predicted molar refractivity (Wildman–Crippen MR) is 82.8 cm³/mol. The van der Waals surface area contributed by atoms with Gasteiger partial charge in [-0.3, -0.25) is 14.2 Å². The Labute approximate surface area is 130 Å². The average Bonchev–Trinajstić information content (AvgIpc) is 2.94. The number of amides is 1. The van der Waals surface area contributed by atoms with E-state index in [1.807, 2.05) is 10.9 Å². The van der Waals surface area contributed by atoms with Crippen molar-refractivity contribution in [3.63, 3.8) is 0 Å². The molecule has 0 aromatic carbocycles. The topological polar surface area (TPSA) is 77.6 Å². The second kappa shape index (κ2) is 5.06. The van der Waals surface area contributed by atoms with E-state index in [1.165, 1.54) is 24.2 Å². The van der Waals surface area contributed by atoms with Crippen LogP contribution in [0.2, 0.25) is 0 Å². The maximum absolute atomic E-state index is 12.2. The number of rotatable bonds is 4. The molecule has 3 aromatic heterocycles. The lowest BCUT2D eigenvalue weighted by molar-refractivity contribution is 0.102. The maximum Gasteiger partial charge on any atom is 0.275 e. The zero-order chi connectivity index (χ0) is 15.1. The first-order valence-electron chi connectivity index (χ1n) is 6.99. The van der Waals surface area contributed by atoms with E-state index in [2.05, 4.69) is 20.5 Å². The Morgan fingerprint density at radius 2 is 2.18 bits per heavy atom. The molecule has 0 saturated heterocycles. The summed E-state index contributed by atoms with van der Waals surface area (Å²) in [6.07, 6.45) is 9.53. The molecule has 0 spiro atoms. The minimum absolute atomic E-state index is 0.231. The Morgan fingerprint density at radius 3 is 2.91 bits per heavy atom. The molecule has 0 radical (unpaired) electrons. The van der Waals surface area contributed by atoms with Crippen molar-refractivity contribution in [3.8, 4) is 10.6 Å². The van der Waals surface area contributed by atoms with Crippen molar-refractivity contribution in [3.05, 3.63) is 35.9 Å². The lowest BCUT2D eigenvalue weighted by atomic mass is 10.4. The normalized spacial score (nSPS) is 14.2. The van der Waals surface area contributed by atoms with Crippen LogP contribution >= 0.6 is 11.3 Å². The second-order valence-electron chi connectivity index (χ2n) is 5.33. The zero-order valence-electron chi connectivity index (χ0n) is 11.9. The summed E-state index contributed by atoms with van der Waals surface area (Å²) < 4.78 is 3.61. The van der Waals surface area contributed by atoms with Gasteiger partial charge >= 0.3 is 0 Å². The van der Waals surface area contributed by atoms with Gasteiger partial charge in [0.25, 0.3) is 5.91 Å². The molecular weight excluding hydrogens is 300 g/mol. The third-order valence-electron chi connectivity index (χ3n) is 3.47. The lowest BCUT2D eigenvalue weighted by Crippen LogP contribution is -2.11. The molecule has 1 amide bonds. The second-order valence-corrected chi connectivity index (χ2v) is 6.19. The number of aryl methyl sites for hydroxylation is 1. The van der Waals surface area contributed by atoms with Crippen molar-refractivity contribution < 1.29 is 4.79 Å². The van der Waals surface area contributed by atoms with E-state index in [-0.39, 0.29) is 5.91 Å². The first-order chi connectivity index (χ1) is 10.7. The number of carbonyl (C=O) groups excluding carboxylic acids is 1. The zero-order valence-corrected chi connectivity index (χ0v) is 12.7. The van der Waals surface area contributed by atoms with Crippen LogP contribution in [0.5, 0.6) is 0 Å². The van der Waals surface area contributed by atoms with Crippen molar-refractivity contribution in [2.24, 2.45) is 7.05 Å². The highest BCUT2D eigenvalue weighted by atomic mass is 32.1. The van der Waals surface area contributed by atoms with Crippen molar-refractivity contribution in [2.45, 2.75) is 18.9 Å². The number of thiazole rings is 1. The smallest absolute Gasteiger partial charge is 0.275 e. The minimum Gasteiger partial charge on any atom is -0.318 e. The third kappa shape index (κ3) is 2.52. The van der Waals surface area contributed by atoms with Gasteiger partial charge in [-0.25, -0.2) is 4.98 Å². The van der Waals surface area contributed by atoms with Gasteiger partial charge in [0.1, 0.15) is 10.7 Å². The molecule has 0 unspecified atom stereocenters. The summed E-state index contributed by atoms with van der Waals surface area (Å²) in [4.78, 5) is 16.6. The Hall–Kier alpha value is -2.48. The number of carbonyl (C=O) groups is 1. The first-order valence-corrected chi connectivity index (χ1v) is 7.87. The Kier molecular flexibility index (Phi) is 3.04. The predicted octanol–water partition coefficient (Wildman–Crippen LogP) is 2.33. The highest BCUT2D eigenvalue weighted by Crippen LogP contribution is 2.35. The van der Waals surface area contributed by atoms with Crippen LogP contribution in [0.3, 0.4) is 0 Å². The van der Waals surface area contributed by atoms with Crippen molar-refractivity contribution >= 4 is 22.9 Å². The van der Waals surface area contributed by atoms with E-state index in [4.69, 9.17) is 0 Å². The molecule has 8 heteroatoms. The molecule has 7 nitrogen and oxygen atoms in total. The van der Waals surface area contributed by atoms with E-state index >= 15 is 0 Å². The van der Waals surface area contributed by atoms with Gasteiger partial charge < -0.3 is 5.32 Å². The molecule has 3 aromatic rings. The molecule has 0 bridgehead atoms. The fraction of sp³-hybridized carbons (Fsp3) is 0.286. The van der Waals surface area contributed by atoms with Crippen molar-refractivity contribution in [1.29, 1.82) is 0 Å². The summed E-state index contributed by atoms with van der Waals surface area (Å²) in [6, 6.07) is 0.544. The van der Waals surface area contributed by atoms with Crippen LogP contribution in [0.1, 0.15) is 29.4 Å². The van der Waals surface area contributed by atoms with Gasteiger partial charge in [0, 0.05) is 30.4 Å². The molecular formula is C14H14N6OS. The molecule has 0 atom stereocenters. The Balaban J connectivity index is 1.51. The van der Waals surface area contributed by atoms with Crippen LogP contribution < -0.4 is 5.32 Å². The molecule has 1 N–H and O–H groups in total. The van der Waals surface area contributed by atoms with Crippen LogP contribution in [0.25, 0.3) is 10.6 Å². The maximum atomic E-state index is 12.2. The van der Waals surface area contributed by atoms with Gasteiger partial charge in [0.05, 0.1) is 24.1 Å². The van der Waals surface area contributed by atoms with E-state index in [0.29, 0.717) is 17.4 Å². The summed E-state index contributed by atoms with van der Waals surface area (Å²) in [6.45, 7) is 0. The van der Waals surface area contributed by atoms with Crippen molar-refractivity contribution in [1.82, 2.24) is 24.5 Å². The highest BCUT2D eigenvalue weighted by Gasteiger charge is 2.24. The first kappa shape index (κ1) is 13.2. The van der Waals surface area contributed by atoms with E-state index in [9.17, 15) is 4.79 Å². The Bertz CT molecular complexity index is 828. The average molecular weight is 314 g/mol. The number of nitrogens with zero attached hydrogens (tertiary/aromatic N) is 5. The molecule has 22 heavy (non-hydrogen) atoms. The quantitative estimate of drug-likeness (QED) is 0.801. The van der Waals surface area contributed by atoms with Gasteiger partial charge in [-0.05, 0) is 12.8 Å². The van der Waals surface area contributed by atoms with Crippen LogP contribution in [0.15, 0.2) is 30.2 Å². The summed E-state index contributed by atoms with van der Waals surface area (Å²) in [5, 5.41) is 13.7. The van der Waals surface area contributed by atoms with E-state index < -0.39 is 0 Å². The summed E-state index contributed by atoms with van der Waals surface area (Å²) in [5.74, 6) is -0.231. The number of hydrogen-bond acceptors (Lipinski definition) is 5. The number of anilines is 1. The van der Waals surface area contributed by atoms with Gasteiger partial charge in [-0.1, -0.05) is 0 Å². The third-order valence-corrected chi connectivity index (χ3v) is 4.36. The molecule has 1 aliphatic rings. The SMILES string of the molecule is Cn1cc(NC(=O)c2csc(-c3cnn(C4CC4)c3)n2)cn1. The number of hydrogen-bond donors (Lipinski definition) is 1. The number of aromatic nitrogens is 5. The fourth-order valence-corrected chi connectivity index (χ4v) is 2.95. The Morgan fingerprint density at radius 1 is 1.32 bits per heavy atom. The molecule has 1 aliphatic carbocycles. The molecule has 1 fully saturated rings. The molecule has 0 aliphatic heterocycles. The summed E-state index contributed by atoms with van der Waals surface area (Å²) >= 11 is 1.45. The molecule has 1 saturated carbocycles. The van der Waals surface area contributed by atoms with Gasteiger partial charge in [0.2, 0.25) is 0 Å². The summed E-state index contributed by atoms with van der Waals surface area (Å²) in [5.41, 5.74) is 2.02. The van der Waals surface area contributed by atoms with Crippen LogP contribution in [-0.4, -0.2) is 30.5 Å². The lowest BCUT2D eigenvalue weighted by Gasteiger charge is -1.97. The molecule has 4 rings (SSSR count). The van der Waals surface area contributed by atoms with Gasteiger partial charge in [0.15, 0.2) is 0 Å². The monoisotopic (exact) mass is 314 g/mol. The van der Waals surface area contributed by atoms with Crippen LogP contribution in [0.4, 0.5) is 5.69 Å². The van der Waals surface area contributed by atoms with Crippen molar-refractivity contribution in [2.75, 3.05) is 5.32 Å². The minimum atomic E-state index is -0.231. The van der Waals surface area contributed by atoms with Crippen LogP contribution in [0, 0.1) is 0 Å². The van der Waals surface area contributed by atoms with Gasteiger partial charge in [-0.2, -0.15) is 10.2 Å². The van der Waals surface area contributed by atoms with E-state index in [1.54, 1.807) is 35.7 Å². The fourth-order valence-electron chi connectivity index (χ4n) is 2.18. The standard InChI is InChI=1S/C14H14N6OS/c1-19-7-10(5-15-19)17-13(21)12-8-22-14(18-12)9-4-16-20(6-9)11-2-3-11/h4-8,11H,2-3H2,1H3,(H,17,21). The molecule has 3 heterocycles. The largest absolute Gasteiger partial charge is 0.318 e. The van der Waals surface area contributed by atoms with Crippen LogP contribution in [-0.2, 0) is 7.05 Å². The van der Waals surface area contributed by atoms with Gasteiger partial charge in [-0.15, -0.1) is 11.3 Å². The summed E-state index contributed by atoms with van der Waals surface area (Å²) in [7, 11) is 1.80. The highest BCUT2D eigenvalue weighted by molar-refractivity contribution is 7.13.